The summed E-state index contributed by atoms with van der Waals surface area (Å²) in [5.74, 6) is -0.0226. The highest BCUT2D eigenvalue weighted by molar-refractivity contribution is 5.76. The van der Waals surface area contributed by atoms with E-state index in [0.717, 1.165) is 44.9 Å². The topological polar surface area (TPSA) is 95.9 Å². The van der Waals surface area contributed by atoms with E-state index in [1.54, 1.807) is 0 Å². The Hall–Kier alpha value is -1.66. The molecule has 3 N–H and O–H groups in total. The Kier molecular flexibility index (Phi) is 64.4. The van der Waals surface area contributed by atoms with Gasteiger partial charge in [0.2, 0.25) is 5.91 Å². The lowest BCUT2D eigenvalue weighted by Crippen LogP contribution is -2.45. The van der Waals surface area contributed by atoms with E-state index in [2.05, 4.69) is 43.5 Å². The van der Waals surface area contributed by atoms with Gasteiger partial charge in [-0.3, -0.25) is 9.59 Å². The van der Waals surface area contributed by atoms with Gasteiger partial charge in [0.1, 0.15) is 0 Å². The number of hydrogen-bond acceptors (Lipinski definition) is 5. The molecule has 450 valence electrons. The van der Waals surface area contributed by atoms with Crippen LogP contribution < -0.4 is 5.32 Å². The lowest BCUT2D eigenvalue weighted by molar-refractivity contribution is -0.143. The van der Waals surface area contributed by atoms with Gasteiger partial charge in [-0.25, -0.2) is 0 Å². The van der Waals surface area contributed by atoms with Crippen LogP contribution in [0, 0.1) is 0 Å². The summed E-state index contributed by atoms with van der Waals surface area (Å²) in [5, 5.41) is 23.4. The number of carbonyl (C=O) groups excluding carboxylic acids is 2. The zero-order valence-corrected chi connectivity index (χ0v) is 51.5. The first kappa shape index (κ1) is 74.3. The van der Waals surface area contributed by atoms with Gasteiger partial charge in [0, 0.05) is 12.8 Å². The number of rotatable bonds is 65. The van der Waals surface area contributed by atoms with Crippen molar-refractivity contribution in [3.63, 3.8) is 0 Å². The summed E-state index contributed by atoms with van der Waals surface area (Å²) in [6.07, 6.45) is 82.2. The highest BCUT2D eigenvalue weighted by atomic mass is 16.5. The van der Waals surface area contributed by atoms with Gasteiger partial charge >= 0.3 is 5.97 Å². The number of allylic oxidation sites excluding steroid dienone is 4. The fraction of sp³-hybridized carbons (Fsp3) is 0.914. The largest absolute Gasteiger partial charge is 0.466 e. The molecule has 0 aromatic carbocycles. The van der Waals surface area contributed by atoms with Gasteiger partial charge in [0.25, 0.3) is 0 Å². The van der Waals surface area contributed by atoms with Crippen LogP contribution in [0.4, 0.5) is 0 Å². The number of carbonyl (C=O) groups is 2. The molecule has 0 aliphatic rings. The number of aliphatic hydroxyl groups excluding tert-OH is 2. The average Bonchev–Trinajstić information content (AvgIpc) is 3.42. The Morgan fingerprint density at radius 1 is 0.355 bits per heavy atom. The van der Waals surface area contributed by atoms with Crippen molar-refractivity contribution < 1.29 is 24.5 Å². The fourth-order valence-electron chi connectivity index (χ4n) is 10.9. The van der Waals surface area contributed by atoms with Gasteiger partial charge in [-0.1, -0.05) is 321 Å². The van der Waals surface area contributed by atoms with Gasteiger partial charge < -0.3 is 20.3 Å². The minimum absolute atomic E-state index is 0.00747. The molecular weight excluding hydrogens is 935 g/mol. The van der Waals surface area contributed by atoms with Crippen molar-refractivity contribution in [3.8, 4) is 0 Å². The van der Waals surface area contributed by atoms with Crippen molar-refractivity contribution >= 4 is 11.9 Å². The summed E-state index contributed by atoms with van der Waals surface area (Å²) in [6.45, 7) is 4.96. The number of hydrogen-bond donors (Lipinski definition) is 3. The quantitative estimate of drug-likeness (QED) is 0.0320. The van der Waals surface area contributed by atoms with E-state index >= 15 is 0 Å². The SMILES string of the molecule is CCCCC/C=C\CCCCCCCC(=O)OCCCCCCCCCCCCCC/C=C\CCCCCCCCCCCCCCCCC(=O)NC(CO)C(O)CCCCCCCCCCCCCCCCCCC. The van der Waals surface area contributed by atoms with E-state index in [-0.39, 0.29) is 18.5 Å². The lowest BCUT2D eigenvalue weighted by Gasteiger charge is -2.22. The summed E-state index contributed by atoms with van der Waals surface area (Å²) in [4.78, 5) is 24.5. The molecule has 6 heteroatoms. The normalized spacial score (nSPS) is 12.6. The number of aliphatic hydroxyl groups is 2. The van der Waals surface area contributed by atoms with E-state index in [0.29, 0.717) is 25.9 Å². The zero-order chi connectivity index (χ0) is 55.0. The highest BCUT2D eigenvalue weighted by Crippen LogP contribution is 2.19. The van der Waals surface area contributed by atoms with Crippen molar-refractivity contribution in [2.75, 3.05) is 13.2 Å². The minimum atomic E-state index is -0.663. The second kappa shape index (κ2) is 65.9. The number of esters is 1. The lowest BCUT2D eigenvalue weighted by atomic mass is 10.0. The van der Waals surface area contributed by atoms with Crippen LogP contribution >= 0.6 is 0 Å². The number of nitrogens with one attached hydrogen (secondary N) is 1. The van der Waals surface area contributed by atoms with Gasteiger partial charge in [0.05, 0.1) is 25.4 Å². The molecule has 0 aliphatic heterocycles. The third kappa shape index (κ3) is 61.6. The fourth-order valence-corrected chi connectivity index (χ4v) is 10.9. The van der Waals surface area contributed by atoms with E-state index in [4.69, 9.17) is 4.74 Å². The van der Waals surface area contributed by atoms with E-state index in [1.165, 1.54) is 308 Å². The maximum absolute atomic E-state index is 12.5. The third-order valence-electron chi connectivity index (χ3n) is 16.2. The van der Waals surface area contributed by atoms with Crippen LogP contribution in [0.5, 0.6) is 0 Å². The van der Waals surface area contributed by atoms with Gasteiger partial charge in [-0.15, -0.1) is 0 Å². The van der Waals surface area contributed by atoms with Crippen molar-refractivity contribution in [2.24, 2.45) is 0 Å². The van der Waals surface area contributed by atoms with Crippen LogP contribution in [0.3, 0.4) is 0 Å². The smallest absolute Gasteiger partial charge is 0.305 e. The van der Waals surface area contributed by atoms with Crippen molar-refractivity contribution in [1.82, 2.24) is 5.32 Å². The summed E-state index contributed by atoms with van der Waals surface area (Å²) in [5.41, 5.74) is 0. The zero-order valence-electron chi connectivity index (χ0n) is 51.5. The third-order valence-corrected chi connectivity index (χ3v) is 16.2. The number of ether oxygens (including phenoxy) is 1. The first-order valence-electron chi connectivity index (χ1n) is 34.6. The van der Waals surface area contributed by atoms with Crippen molar-refractivity contribution in [3.05, 3.63) is 24.3 Å². The number of amides is 1. The second-order valence-electron chi connectivity index (χ2n) is 23.9. The molecule has 0 radical (unpaired) electrons. The Morgan fingerprint density at radius 3 is 0.961 bits per heavy atom. The Bertz CT molecular complexity index is 1190. The molecule has 0 saturated heterocycles. The molecule has 1 amide bonds. The minimum Gasteiger partial charge on any atom is -0.466 e. The molecule has 0 rings (SSSR count). The molecule has 0 aromatic rings. The molecule has 2 unspecified atom stereocenters. The van der Waals surface area contributed by atoms with E-state index in [1.807, 2.05) is 0 Å². The molecular formula is C70H135NO5. The Morgan fingerprint density at radius 2 is 0.618 bits per heavy atom. The molecule has 0 aliphatic carbocycles. The molecule has 0 fully saturated rings. The van der Waals surface area contributed by atoms with Gasteiger partial charge in [0.15, 0.2) is 0 Å². The molecule has 0 heterocycles. The number of unbranched alkanes of at least 4 members (excludes halogenated alkanes) is 50. The van der Waals surface area contributed by atoms with Crippen molar-refractivity contribution in [1.29, 1.82) is 0 Å². The van der Waals surface area contributed by atoms with Crippen molar-refractivity contribution in [2.45, 2.75) is 398 Å². The van der Waals surface area contributed by atoms with E-state index < -0.39 is 12.1 Å². The molecule has 2 atom stereocenters. The summed E-state index contributed by atoms with van der Waals surface area (Å²) in [7, 11) is 0. The molecule has 0 aromatic heterocycles. The predicted octanol–water partition coefficient (Wildman–Crippen LogP) is 22.1. The van der Waals surface area contributed by atoms with Crippen LogP contribution in [0.2, 0.25) is 0 Å². The van der Waals surface area contributed by atoms with Crippen LogP contribution in [0.15, 0.2) is 24.3 Å². The van der Waals surface area contributed by atoms with Crippen LogP contribution in [-0.4, -0.2) is 47.4 Å². The van der Waals surface area contributed by atoms with Crippen LogP contribution in [-0.2, 0) is 14.3 Å². The molecule has 76 heavy (non-hydrogen) atoms. The van der Waals surface area contributed by atoms with Gasteiger partial charge in [-0.05, 0) is 77.0 Å². The van der Waals surface area contributed by atoms with E-state index in [9.17, 15) is 19.8 Å². The summed E-state index contributed by atoms with van der Waals surface area (Å²) in [6, 6.07) is -0.540. The monoisotopic (exact) mass is 1070 g/mol. The highest BCUT2D eigenvalue weighted by Gasteiger charge is 2.20. The summed E-state index contributed by atoms with van der Waals surface area (Å²) < 4.78 is 5.47. The summed E-state index contributed by atoms with van der Waals surface area (Å²) >= 11 is 0. The van der Waals surface area contributed by atoms with Gasteiger partial charge in [-0.2, -0.15) is 0 Å². The molecule has 0 saturated carbocycles. The Labute approximate surface area is 475 Å². The standard InChI is InChI=1S/C70H135NO5/c1-3-5-7-9-11-13-15-17-18-33-36-39-42-46-50-54-58-62-68(73)67(66-72)71-69(74)63-59-55-51-47-43-40-37-34-31-29-27-25-23-21-19-20-22-24-26-28-30-32-35-38-41-45-49-53-57-61-65-76-70(75)64-60-56-52-48-44-16-14-12-10-8-6-4-2/h12,14,20,22,67-68,72-73H,3-11,13,15-19,21,23-66H2,1-2H3,(H,71,74)/b14-12-,22-20-. The first-order valence-corrected chi connectivity index (χ1v) is 34.6. The maximum Gasteiger partial charge on any atom is 0.305 e. The first-order chi connectivity index (χ1) is 37.5. The molecule has 0 bridgehead atoms. The predicted molar refractivity (Wildman–Crippen MR) is 333 cm³/mol. The molecule has 6 nitrogen and oxygen atoms in total. The van der Waals surface area contributed by atoms with Crippen LogP contribution in [0.25, 0.3) is 0 Å². The van der Waals surface area contributed by atoms with Crippen LogP contribution in [0.1, 0.15) is 386 Å². The maximum atomic E-state index is 12.5. The Balaban J connectivity index is 3.36. The molecule has 0 spiro atoms. The average molecular weight is 1070 g/mol. The second-order valence-corrected chi connectivity index (χ2v) is 23.9.